The van der Waals surface area contributed by atoms with Crippen molar-refractivity contribution < 1.29 is 34.7 Å². The van der Waals surface area contributed by atoms with E-state index in [1.165, 1.54) is 6.07 Å². The third-order valence-corrected chi connectivity index (χ3v) is 4.92. The SMILES string of the molecule is CC(NC(=O)Oc1cccc(C2OC(CO)C(O)C(O)C2O)c1)c1ccccc1. The molecule has 2 aromatic carbocycles. The number of hydrogen-bond acceptors (Lipinski definition) is 7. The Labute approximate surface area is 168 Å². The van der Waals surface area contributed by atoms with E-state index in [4.69, 9.17) is 9.47 Å². The van der Waals surface area contributed by atoms with Crippen LogP contribution in [0.4, 0.5) is 4.79 Å². The molecule has 0 spiro atoms. The van der Waals surface area contributed by atoms with Crippen molar-refractivity contribution in [3.05, 3.63) is 65.7 Å². The van der Waals surface area contributed by atoms with Crippen LogP contribution in [0.25, 0.3) is 0 Å². The minimum absolute atomic E-state index is 0.220. The van der Waals surface area contributed by atoms with Crippen molar-refractivity contribution in [3.63, 3.8) is 0 Å². The smallest absolute Gasteiger partial charge is 0.410 e. The fourth-order valence-corrected chi connectivity index (χ4v) is 3.27. The molecule has 0 bridgehead atoms. The highest BCUT2D eigenvalue weighted by molar-refractivity contribution is 5.71. The molecule has 1 aliphatic rings. The molecular weight excluding hydrogens is 378 g/mol. The van der Waals surface area contributed by atoms with Gasteiger partial charge in [-0.25, -0.2) is 4.79 Å². The summed E-state index contributed by atoms with van der Waals surface area (Å²) in [7, 11) is 0. The molecule has 1 aliphatic heterocycles. The molecule has 156 valence electrons. The van der Waals surface area contributed by atoms with Gasteiger partial charge in [0, 0.05) is 0 Å². The molecule has 0 aromatic heterocycles. The van der Waals surface area contributed by atoms with E-state index >= 15 is 0 Å². The standard InChI is InChI=1S/C21H25NO7/c1-12(13-6-3-2-4-7-13)22-21(27)28-15-9-5-8-14(10-15)20-19(26)18(25)17(24)16(11-23)29-20/h2-10,12,16-20,23-26H,11H2,1H3,(H,22,27). The van der Waals surface area contributed by atoms with Crippen molar-refractivity contribution in [2.24, 2.45) is 0 Å². The molecular formula is C21H25NO7. The topological polar surface area (TPSA) is 128 Å². The summed E-state index contributed by atoms with van der Waals surface area (Å²) in [5, 5.41) is 42.2. The van der Waals surface area contributed by atoms with Gasteiger partial charge < -0.3 is 35.2 Å². The Kier molecular flexibility index (Phi) is 6.83. The third-order valence-electron chi connectivity index (χ3n) is 4.92. The molecule has 1 fully saturated rings. The molecule has 8 nitrogen and oxygen atoms in total. The summed E-state index contributed by atoms with van der Waals surface area (Å²) >= 11 is 0. The highest BCUT2D eigenvalue weighted by Gasteiger charge is 2.44. The Bertz CT molecular complexity index is 814. The van der Waals surface area contributed by atoms with Crippen molar-refractivity contribution in [2.45, 2.75) is 43.5 Å². The van der Waals surface area contributed by atoms with Crippen molar-refractivity contribution >= 4 is 6.09 Å². The van der Waals surface area contributed by atoms with Gasteiger partial charge in [0.15, 0.2) is 0 Å². The number of hydrogen-bond donors (Lipinski definition) is 5. The van der Waals surface area contributed by atoms with Crippen LogP contribution in [0.1, 0.15) is 30.2 Å². The molecule has 1 amide bonds. The first-order chi connectivity index (χ1) is 13.9. The zero-order chi connectivity index (χ0) is 21.0. The fourth-order valence-electron chi connectivity index (χ4n) is 3.27. The Morgan fingerprint density at radius 2 is 1.79 bits per heavy atom. The summed E-state index contributed by atoms with van der Waals surface area (Å²) < 4.78 is 10.9. The average molecular weight is 403 g/mol. The van der Waals surface area contributed by atoms with Crippen molar-refractivity contribution in [1.82, 2.24) is 5.32 Å². The highest BCUT2D eigenvalue weighted by Crippen LogP contribution is 2.33. The zero-order valence-electron chi connectivity index (χ0n) is 15.9. The van der Waals surface area contributed by atoms with Crippen LogP contribution in [0.15, 0.2) is 54.6 Å². The first kappa shape index (κ1) is 21.2. The fraction of sp³-hybridized carbons (Fsp3) is 0.381. The first-order valence-electron chi connectivity index (χ1n) is 9.34. The molecule has 0 saturated carbocycles. The lowest BCUT2D eigenvalue weighted by Gasteiger charge is -2.40. The van der Waals surface area contributed by atoms with Gasteiger partial charge in [-0.2, -0.15) is 0 Å². The minimum Gasteiger partial charge on any atom is -0.410 e. The molecule has 29 heavy (non-hydrogen) atoms. The van der Waals surface area contributed by atoms with E-state index in [9.17, 15) is 25.2 Å². The number of aliphatic hydroxyl groups is 4. The third kappa shape index (κ3) is 4.92. The van der Waals surface area contributed by atoms with Gasteiger partial charge in [0.05, 0.1) is 12.6 Å². The summed E-state index contributed by atoms with van der Waals surface area (Å²) in [5.74, 6) is 0.220. The number of rotatable bonds is 5. The van der Waals surface area contributed by atoms with Crippen LogP contribution in [0, 0.1) is 0 Å². The number of amides is 1. The van der Waals surface area contributed by atoms with Gasteiger partial charge in [0.25, 0.3) is 0 Å². The van der Waals surface area contributed by atoms with Crippen LogP contribution in [-0.2, 0) is 4.74 Å². The van der Waals surface area contributed by atoms with Crippen LogP contribution >= 0.6 is 0 Å². The second kappa shape index (κ2) is 9.34. The van der Waals surface area contributed by atoms with E-state index in [2.05, 4.69) is 5.32 Å². The second-order valence-corrected chi connectivity index (χ2v) is 6.99. The van der Waals surface area contributed by atoms with Crippen LogP contribution in [0.2, 0.25) is 0 Å². The summed E-state index contributed by atoms with van der Waals surface area (Å²) in [5.41, 5.74) is 1.36. The van der Waals surface area contributed by atoms with Gasteiger partial charge in [-0.15, -0.1) is 0 Å². The summed E-state index contributed by atoms with van der Waals surface area (Å²) in [6.45, 7) is 1.32. The average Bonchev–Trinajstić information content (AvgIpc) is 2.73. The quantitative estimate of drug-likeness (QED) is 0.505. The van der Waals surface area contributed by atoms with Gasteiger partial charge in [0.2, 0.25) is 0 Å². The van der Waals surface area contributed by atoms with Crippen LogP contribution in [0.5, 0.6) is 5.75 Å². The lowest BCUT2D eigenvalue weighted by Crippen LogP contribution is -2.55. The molecule has 8 heteroatoms. The van der Waals surface area contributed by atoms with E-state index < -0.39 is 43.2 Å². The summed E-state index contributed by atoms with van der Waals surface area (Å²) in [6.07, 6.45) is -6.98. The van der Waals surface area contributed by atoms with Gasteiger partial charge >= 0.3 is 6.09 Å². The molecule has 6 atom stereocenters. The maximum Gasteiger partial charge on any atom is 0.413 e. The van der Waals surface area contributed by atoms with Crippen molar-refractivity contribution in [3.8, 4) is 5.75 Å². The van der Waals surface area contributed by atoms with Crippen molar-refractivity contribution in [1.29, 1.82) is 0 Å². The van der Waals surface area contributed by atoms with Gasteiger partial charge in [-0.05, 0) is 30.2 Å². The predicted molar refractivity (Wildman–Crippen MR) is 103 cm³/mol. The minimum atomic E-state index is -1.48. The maximum atomic E-state index is 12.2. The van der Waals surface area contributed by atoms with Gasteiger partial charge in [-0.1, -0.05) is 42.5 Å². The summed E-state index contributed by atoms with van der Waals surface area (Å²) in [6, 6.07) is 15.5. The maximum absolute atomic E-state index is 12.2. The van der Waals surface area contributed by atoms with Crippen LogP contribution < -0.4 is 10.1 Å². The summed E-state index contributed by atoms with van der Waals surface area (Å²) in [4.78, 5) is 12.2. The molecule has 0 radical (unpaired) electrons. The number of aliphatic hydroxyl groups excluding tert-OH is 4. The van der Waals surface area contributed by atoms with Crippen LogP contribution in [0.3, 0.4) is 0 Å². The van der Waals surface area contributed by atoms with Gasteiger partial charge in [0.1, 0.15) is 36.3 Å². The monoisotopic (exact) mass is 403 g/mol. The van der Waals surface area contributed by atoms with E-state index in [0.29, 0.717) is 5.56 Å². The zero-order valence-corrected chi connectivity index (χ0v) is 15.9. The highest BCUT2D eigenvalue weighted by atomic mass is 16.6. The Morgan fingerprint density at radius 3 is 2.48 bits per heavy atom. The lowest BCUT2D eigenvalue weighted by atomic mass is 9.91. The number of nitrogens with one attached hydrogen (secondary N) is 1. The Morgan fingerprint density at radius 1 is 1.07 bits per heavy atom. The molecule has 6 unspecified atom stereocenters. The number of ether oxygens (including phenoxy) is 2. The van der Waals surface area contributed by atoms with Gasteiger partial charge in [-0.3, -0.25) is 0 Å². The molecule has 1 heterocycles. The van der Waals surface area contributed by atoms with Crippen molar-refractivity contribution in [2.75, 3.05) is 6.61 Å². The largest absolute Gasteiger partial charge is 0.413 e. The molecule has 3 rings (SSSR count). The molecule has 1 saturated heterocycles. The molecule has 5 N–H and O–H groups in total. The lowest BCUT2D eigenvalue weighted by molar-refractivity contribution is -0.231. The number of benzene rings is 2. The first-order valence-corrected chi connectivity index (χ1v) is 9.34. The molecule has 0 aliphatic carbocycles. The normalized spacial score (nSPS) is 27.8. The van der Waals surface area contributed by atoms with Crippen LogP contribution in [-0.4, -0.2) is 57.5 Å². The Hall–Kier alpha value is -2.49. The number of carbonyl (C=O) groups is 1. The van der Waals surface area contributed by atoms with E-state index in [0.717, 1.165) is 5.56 Å². The second-order valence-electron chi connectivity index (χ2n) is 6.99. The predicted octanol–water partition coefficient (Wildman–Crippen LogP) is 1.05. The van der Waals surface area contributed by atoms with E-state index in [-0.39, 0.29) is 11.8 Å². The van der Waals surface area contributed by atoms with E-state index in [1.807, 2.05) is 37.3 Å². The Balaban J connectivity index is 1.68. The molecule has 2 aromatic rings. The van der Waals surface area contributed by atoms with E-state index in [1.54, 1.807) is 18.2 Å². The number of carbonyl (C=O) groups excluding carboxylic acids is 1.